The minimum Gasteiger partial charge on any atom is -0.487 e. The first-order valence-corrected chi connectivity index (χ1v) is 9.87. The number of anilines is 1. The average molecular weight is 390 g/mol. The van der Waals surface area contributed by atoms with Crippen molar-refractivity contribution in [3.8, 4) is 5.75 Å². The van der Waals surface area contributed by atoms with Crippen molar-refractivity contribution in [1.29, 1.82) is 0 Å². The van der Waals surface area contributed by atoms with Crippen LogP contribution in [-0.4, -0.2) is 28.8 Å². The number of nitrogens with zero attached hydrogens (tertiary/aromatic N) is 2. The van der Waals surface area contributed by atoms with Gasteiger partial charge in [-0.25, -0.2) is 0 Å². The summed E-state index contributed by atoms with van der Waals surface area (Å²) in [6, 6.07) is 15.9. The van der Waals surface area contributed by atoms with Crippen molar-refractivity contribution in [2.75, 3.05) is 18.4 Å². The number of carbonyl (C=O) groups excluding carboxylic acids is 1. The zero-order chi connectivity index (χ0) is 20.2. The van der Waals surface area contributed by atoms with Crippen molar-refractivity contribution >= 4 is 11.6 Å². The van der Waals surface area contributed by atoms with Gasteiger partial charge in [0.15, 0.2) is 0 Å². The molecule has 2 heterocycles. The Hall–Kier alpha value is -3.12. The first kappa shape index (κ1) is 19.2. The predicted molar refractivity (Wildman–Crippen MR) is 113 cm³/mol. The van der Waals surface area contributed by atoms with Crippen LogP contribution in [0.4, 0.5) is 5.69 Å². The number of benzene rings is 2. The van der Waals surface area contributed by atoms with Crippen LogP contribution >= 0.6 is 0 Å². The van der Waals surface area contributed by atoms with Gasteiger partial charge >= 0.3 is 0 Å². The van der Waals surface area contributed by atoms with Crippen LogP contribution in [0.15, 0.2) is 60.9 Å². The number of ether oxygens (including phenoxy) is 1. The van der Waals surface area contributed by atoms with Crippen LogP contribution in [0.25, 0.3) is 0 Å². The van der Waals surface area contributed by atoms with Crippen LogP contribution in [0.1, 0.15) is 22.6 Å². The molecule has 3 aromatic rings. The largest absolute Gasteiger partial charge is 0.487 e. The molecule has 0 bridgehead atoms. The molecule has 2 atom stereocenters. The predicted octanol–water partition coefficient (Wildman–Crippen LogP) is 3.25. The summed E-state index contributed by atoms with van der Waals surface area (Å²) in [5.74, 6) is 0.647. The van der Waals surface area contributed by atoms with E-state index in [1.807, 2.05) is 74.9 Å². The fourth-order valence-electron chi connectivity index (χ4n) is 3.75. The van der Waals surface area contributed by atoms with Crippen molar-refractivity contribution in [2.45, 2.75) is 19.4 Å². The third-order valence-corrected chi connectivity index (χ3v) is 5.34. The Morgan fingerprint density at radius 2 is 2.07 bits per heavy atom. The van der Waals surface area contributed by atoms with E-state index in [2.05, 4.69) is 15.7 Å². The molecular weight excluding hydrogens is 364 g/mol. The van der Waals surface area contributed by atoms with Gasteiger partial charge in [0.1, 0.15) is 12.4 Å². The summed E-state index contributed by atoms with van der Waals surface area (Å²) in [7, 11) is 1.89. The zero-order valence-electron chi connectivity index (χ0n) is 16.8. The number of amides is 1. The van der Waals surface area contributed by atoms with E-state index in [0.717, 1.165) is 23.2 Å². The Labute approximate surface area is 170 Å². The summed E-state index contributed by atoms with van der Waals surface area (Å²) in [5, 5.41) is 10.7. The number of hydrogen-bond acceptors (Lipinski definition) is 4. The van der Waals surface area contributed by atoms with E-state index < -0.39 is 0 Å². The highest BCUT2D eigenvalue weighted by molar-refractivity contribution is 5.95. The van der Waals surface area contributed by atoms with E-state index in [9.17, 15) is 4.79 Å². The molecule has 0 radical (unpaired) electrons. The molecule has 1 aliphatic rings. The normalized spacial score (nSPS) is 18.6. The van der Waals surface area contributed by atoms with Crippen LogP contribution < -0.4 is 15.4 Å². The molecule has 0 aliphatic carbocycles. The van der Waals surface area contributed by atoms with E-state index in [0.29, 0.717) is 24.6 Å². The lowest BCUT2D eigenvalue weighted by Crippen LogP contribution is -2.28. The van der Waals surface area contributed by atoms with Crippen LogP contribution in [0.5, 0.6) is 5.75 Å². The third kappa shape index (κ3) is 4.49. The SMILES string of the molecule is Cc1ccc(NC(=O)[C@H]2CNC[C@@H]2c2cnn(C)c2)c(OCc2ccccc2)c1. The Morgan fingerprint density at radius 3 is 2.83 bits per heavy atom. The molecule has 29 heavy (non-hydrogen) atoms. The van der Waals surface area contributed by atoms with Gasteiger partial charge in [0, 0.05) is 32.3 Å². The Morgan fingerprint density at radius 1 is 1.24 bits per heavy atom. The molecular formula is C23H26N4O2. The van der Waals surface area contributed by atoms with Crippen molar-refractivity contribution in [3.05, 3.63) is 77.6 Å². The van der Waals surface area contributed by atoms with Crippen LogP contribution in [0.3, 0.4) is 0 Å². The van der Waals surface area contributed by atoms with Gasteiger partial charge in [0.2, 0.25) is 5.91 Å². The molecule has 0 unspecified atom stereocenters. The zero-order valence-corrected chi connectivity index (χ0v) is 16.8. The third-order valence-electron chi connectivity index (χ3n) is 5.34. The molecule has 1 aliphatic heterocycles. The van der Waals surface area contributed by atoms with Gasteiger partial charge in [-0.3, -0.25) is 9.48 Å². The maximum atomic E-state index is 13.1. The van der Waals surface area contributed by atoms with Crippen LogP contribution in [-0.2, 0) is 18.4 Å². The van der Waals surface area contributed by atoms with Crippen LogP contribution in [0, 0.1) is 12.8 Å². The fourth-order valence-corrected chi connectivity index (χ4v) is 3.75. The van der Waals surface area contributed by atoms with Gasteiger partial charge in [-0.05, 0) is 35.7 Å². The second kappa shape index (κ2) is 8.49. The number of carbonyl (C=O) groups is 1. The monoisotopic (exact) mass is 390 g/mol. The molecule has 1 amide bonds. The van der Waals surface area contributed by atoms with Crippen molar-refractivity contribution < 1.29 is 9.53 Å². The number of hydrogen-bond donors (Lipinski definition) is 2. The maximum Gasteiger partial charge on any atom is 0.229 e. The summed E-state index contributed by atoms with van der Waals surface area (Å²) in [4.78, 5) is 13.1. The molecule has 1 aromatic heterocycles. The van der Waals surface area contributed by atoms with Gasteiger partial charge in [-0.1, -0.05) is 36.4 Å². The second-order valence-corrected chi connectivity index (χ2v) is 7.58. The smallest absolute Gasteiger partial charge is 0.229 e. The van der Waals surface area contributed by atoms with Gasteiger partial charge < -0.3 is 15.4 Å². The Bertz CT molecular complexity index is 984. The van der Waals surface area contributed by atoms with Gasteiger partial charge in [0.25, 0.3) is 0 Å². The maximum absolute atomic E-state index is 13.1. The molecule has 2 N–H and O–H groups in total. The lowest BCUT2D eigenvalue weighted by molar-refractivity contribution is -0.119. The quantitative estimate of drug-likeness (QED) is 0.678. The van der Waals surface area contributed by atoms with Crippen molar-refractivity contribution in [1.82, 2.24) is 15.1 Å². The summed E-state index contributed by atoms with van der Waals surface area (Å²) >= 11 is 0. The molecule has 1 saturated heterocycles. The first-order chi connectivity index (χ1) is 14.1. The summed E-state index contributed by atoms with van der Waals surface area (Å²) in [6.07, 6.45) is 3.83. The number of aryl methyl sites for hydroxylation is 2. The van der Waals surface area contributed by atoms with E-state index in [-0.39, 0.29) is 17.7 Å². The second-order valence-electron chi connectivity index (χ2n) is 7.58. The molecule has 2 aromatic carbocycles. The molecule has 150 valence electrons. The average Bonchev–Trinajstić information content (AvgIpc) is 3.37. The lowest BCUT2D eigenvalue weighted by Gasteiger charge is -2.19. The molecule has 0 spiro atoms. The van der Waals surface area contributed by atoms with Gasteiger partial charge in [0.05, 0.1) is 17.8 Å². The summed E-state index contributed by atoms with van der Waals surface area (Å²) in [6.45, 7) is 3.89. The topological polar surface area (TPSA) is 68.2 Å². The van der Waals surface area contributed by atoms with Crippen molar-refractivity contribution in [3.63, 3.8) is 0 Å². The Balaban J connectivity index is 1.49. The molecule has 0 saturated carbocycles. The fraction of sp³-hybridized carbons (Fsp3) is 0.304. The van der Waals surface area contributed by atoms with Crippen molar-refractivity contribution in [2.24, 2.45) is 13.0 Å². The number of nitrogens with one attached hydrogen (secondary N) is 2. The summed E-state index contributed by atoms with van der Waals surface area (Å²) in [5.41, 5.74) is 3.96. The molecule has 6 heteroatoms. The van der Waals surface area contributed by atoms with E-state index >= 15 is 0 Å². The van der Waals surface area contributed by atoms with Crippen LogP contribution in [0.2, 0.25) is 0 Å². The van der Waals surface area contributed by atoms with Gasteiger partial charge in [-0.15, -0.1) is 0 Å². The number of rotatable bonds is 6. The van der Waals surface area contributed by atoms with E-state index in [4.69, 9.17) is 4.74 Å². The molecule has 1 fully saturated rings. The molecule has 6 nitrogen and oxygen atoms in total. The minimum atomic E-state index is -0.150. The Kier molecular flexibility index (Phi) is 5.62. The highest BCUT2D eigenvalue weighted by Gasteiger charge is 2.35. The lowest BCUT2D eigenvalue weighted by atomic mass is 9.90. The standard InChI is InChI=1S/C23H26N4O2/c1-16-8-9-21(22(10-16)29-15-17-6-4-3-5-7-17)26-23(28)20-13-24-12-19(20)18-11-25-27(2)14-18/h3-11,14,19-20,24H,12-13,15H2,1-2H3,(H,26,28)/t19-,20+/m1/s1. The highest BCUT2D eigenvalue weighted by Crippen LogP contribution is 2.31. The van der Waals surface area contributed by atoms with Gasteiger partial charge in [-0.2, -0.15) is 5.10 Å². The minimum absolute atomic E-state index is 0.00253. The highest BCUT2D eigenvalue weighted by atomic mass is 16.5. The molecule has 4 rings (SSSR count). The first-order valence-electron chi connectivity index (χ1n) is 9.87. The summed E-state index contributed by atoms with van der Waals surface area (Å²) < 4.78 is 7.81. The number of aromatic nitrogens is 2. The van der Waals surface area contributed by atoms with E-state index in [1.165, 1.54) is 0 Å². The van der Waals surface area contributed by atoms with E-state index in [1.54, 1.807) is 4.68 Å².